The van der Waals surface area contributed by atoms with Crippen LogP contribution in [0.15, 0.2) is 24.5 Å². The molecule has 1 saturated heterocycles. The van der Waals surface area contributed by atoms with Crippen LogP contribution in [0.4, 0.5) is 0 Å². The highest BCUT2D eigenvalue weighted by Gasteiger charge is 2.31. The van der Waals surface area contributed by atoms with Crippen molar-refractivity contribution in [2.24, 2.45) is 0 Å². The number of rotatable bonds is 7. The van der Waals surface area contributed by atoms with Crippen LogP contribution in [0, 0.1) is 6.92 Å². The van der Waals surface area contributed by atoms with Crippen molar-refractivity contribution in [1.29, 1.82) is 0 Å². The number of hydrogen-bond donors (Lipinski definition) is 1. The van der Waals surface area contributed by atoms with E-state index in [1.807, 2.05) is 19.2 Å². The normalized spacial score (nSPS) is 17.4. The minimum Gasteiger partial charge on any atom is -0.383 e. The number of aromatic nitrogens is 2. The van der Waals surface area contributed by atoms with Crippen LogP contribution in [-0.2, 0) is 11.3 Å². The highest BCUT2D eigenvalue weighted by molar-refractivity contribution is 7.20. The summed E-state index contributed by atoms with van der Waals surface area (Å²) in [6.07, 6.45) is 4.82. The lowest BCUT2D eigenvalue weighted by atomic mass is 9.95. The van der Waals surface area contributed by atoms with Gasteiger partial charge in [-0.15, -0.1) is 22.7 Å². The first kappa shape index (κ1) is 19.4. The second-order valence-corrected chi connectivity index (χ2v) is 9.33. The second-order valence-electron chi connectivity index (χ2n) is 7.02. The van der Waals surface area contributed by atoms with Gasteiger partial charge in [-0.1, -0.05) is 6.07 Å². The van der Waals surface area contributed by atoms with Crippen LogP contribution < -0.4 is 5.32 Å². The molecule has 0 radical (unpaired) electrons. The maximum absolute atomic E-state index is 12.8. The van der Waals surface area contributed by atoms with Gasteiger partial charge in [0.05, 0.1) is 16.5 Å². The molecule has 0 aromatic carbocycles. The third-order valence-corrected chi connectivity index (χ3v) is 7.06. The number of pyridine rings is 1. The van der Waals surface area contributed by atoms with Crippen LogP contribution in [0.5, 0.6) is 0 Å². The molecule has 1 fully saturated rings. The van der Waals surface area contributed by atoms with Crippen LogP contribution in [0.1, 0.15) is 37.5 Å². The molecule has 1 N–H and O–H groups in total. The number of ether oxygens (including phenoxy) is 1. The van der Waals surface area contributed by atoms with Crippen molar-refractivity contribution in [3.8, 4) is 0 Å². The van der Waals surface area contributed by atoms with E-state index >= 15 is 0 Å². The molecule has 0 spiro atoms. The molecule has 1 atom stereocenters. The van der Waals surface area contributed by atoms with Crippen molar-refractivity contribution in [3.63, 3.8) is 0 Å². The number of methoxy groups -OCH3 is 1. The number of fused-ring (bicyclic) bond motifs is 1. The van der Waals surface area contributed by atoms with Crippen molar-refractivity contribution in [2.75, 3.05) is 33.4 Å². The van der Waals surface area contributed by atoms with Crippen LogP contribution in [-0.4, -0.2) is 54.1 Å². The van der Waals surface area contributed by atoms with Gasteiger partial charge in [0.2, 0.25) is 0 Å². The topological polar surface area (TPSA) is 67.3 Å². The van der Waals surface area contributed by atoms with Crippen LogP contribution in [0.3, 0.4) is 0 Å². The standard InChI is InChI=1S/C20H24N4O2S2/c1-13-23-10-15(27-13)12-24-8-5-14(11-24)17-16-4-3-6-22-20(16)28-18(17)19(25)21-7-9-26-2/h3-4,6,10,14H,5,7-9,11-12H2,1-2H3,(H,21,25)/t14-/m0/s1. The number of thiazole rings is 1. The highest BCUT2D eigenvalue weighted by atomic mass is 32.1. The quantitative estimate of drug-likeness (QED) is 0.598. The number of likely N-dealkylation sites (tertiary alicyclic amines) is 1. The Balaban J connectivity index is 1.56. The Morgan fingerprint density at radius 1 is 1.39 bits per heavy atom. The van der Waals surface area contributed by atoms with E-state index in [1.54, 1.807) is 24.6 Å². The monoisotopic (exact) mass is 416 g/mol. The Bertz CT molecular complexity index is 968. The second kappa shape index (κ2) is 8.65. The number of hydrogen-bond acceptors (Lipinski definition) is 7. The van der Waals surface area contributed by atoms with Crippen LogP contribution in [0.25, 0.3) is 10.2 Å². The first-order valence-corrected chi connectivity index (χ1v) is 11.1. The molecule has 1 aliphatic heterocycles. The number of thiophene rings is 1. The molecule has 1 amide bonds. The minimum atomic E-state index is -0.0217. The fourth-order valence-electron chi connectivity index (χ4n) is 3.78. The summed E-state index contributed by atoms with van der Waals surface area (Å²) in [4.78, 5) is 27.2. The summed E-state index contributed by atoms with van der Waals surface area (Å²) in [5.41, 5.74) is 1.16. The smallest absolute Gasteiger partial charge is 0.261 e. The van der Waals surface area contributed by atoms with Gasteiger partial charge in [0.15, 0.2) is 0 Å². The minimum absolute atomic E-state index is 0.0217. The number of nitrogens with zero attached hydrogens (tertiary/aromatic N) is 3. The lowest BCUT2D eigenvalue weighted by Crippen LogP contribution is -2.27. The van der Waals surface area contributed by atoms with E-state index in [4.69, 9.17) is 4.74 Å². The van der Waals surface area contributed by atoms with E-state index in [-0.39, 0.29) is 5.91 Å². The number of amides is 1. The number of carbonyl (C=O) groups is 1. The van der Waals surface area contributed by atoms with Gasteiger partial charge in [-0.25, -0.2) is 9.97 Å². The summed E-state index contributed by atoms with van der Waals surface area (Å²) >= 11 is 3.25. The molecular formula is C20H24N4O2S2. The molecule has 1 aliphatic rings. The SMILES string of the molecule is COCCNC(=O)c1sc2ncccc2c1[C@H]1CCN(Cc2cnc(C)s2)C1. The summed E-state index contributed by atoms with van der Waals surface area (Å²) < 4.78 is 5.05. The lowest BCUT2D eigenvalue weighted by molar-refractivity contribution is 0.0940. The Morgan fingerprint density at radius 2 is 2.29 bits per heavy atom. The predicted octanol–water partition coefficient (Wildman–Crippen LogP) is 3.43. The van der Waals surface area contributed by atoms with Crippen molar-refractivity contribution in [2.45, 2.75) is 25.8 Å². The van der Waals surface area contributed by atoms with Crippen LogP contribution in [0.2, 0.25) is 0 Å². The third kappa shape index (κ3) is 4.10. The molecule has 6 nitrogen and oxygen atoms in total. The summed E-state index contributed by atoms with van der Waals surface area (Å²) in [6.45, 7) is 5.98. The van der Waals surface area contributed by atoms with E-state index in [2.05, 4.69) is 26.3 Å². The Kier molecular flexibility index (Phi) is 6.01. The molecule has 0 bridgehead atoms. The molecule has 0 saturated carbocycles. The molecule has 28 heavy (non-hydrogen) atoms. The van der Waals surface area contributed by atoms with E-state index in [1.165, 1.54) is 16.2 Å². The van der Waals surface area contributed by atoms with Gasteiger partial charge >= 0.3 is 0 Å². The lowest BCUT2D eigenvalue weighted by Gasteiger charge is -2.16. The number of carbonyl (C=O) groups excluding carboxylic acids is 1. The molecular weight excluding hydrogens is 392 g/mol. The van der Waals surface area contributed by atoms with E-state index < -0.39 is 0 Å². The molecule has 4 heterocycles. The maximum atomic E-state index is 12.8. The zero-order chi connectivity index (χ0) is 19.5. The summed E-state index contributed by atoms with van der Waals surface area (Å²) in [6, 6.07) is 4.05. The molecule has 148 valence electrons. The van der Waals surface area contributed by atoms with Gasteiger partial charge in [-0.3, -0.25) is 9.69 Å². The summed E-state index contributed by atoms with van der Waals surface area (Å²) in [5, 5.41) is 5.20. The number of aryl methyl sites for hydroxylation is 1. The molecule has 0 unspecified atom stereocenters. The fraction of sp³-hybridized carbons (Fsp3) is 0.450. The van der Waals surface area contributed by atoms with Gasteiger partial charge < -0.3 is 10.1 Å². The molecule has 3 aromatic heterocycles. The molecule has 4 rings (SSSR count). The molecule has 8 heteroatoms. The highest BCUT2D eigenvalue weighted by Crippen LogP contribution is 2.39. The van der Waals surface area contributed by atoms with Crippen molar-refractivity contribution in [1.82, 2.24) is 20.2 Å². The van der Waals surface area contributed by atoms with Crippen molar-refractivity contribution < 1.29 is 9.53 Å². The predicted molar refractivity (Wildman–Crippen MR) is 113 cm³/mol. The van der Waals surface area contributed by atoms with Gasteiger partial charge in [0, 0.05) is 55.3 Å². The van der Waals surface area contributed by atoms with Gasteiger partial charge in [-0.05, 0) is 31.5 Å². The Hall–Kier alpha value is -1.87. The largest absolute Gasteiger partial charge is 0.383 e. The van der Waals surface area contributed by atoms with Crippen molar-refractivity contribution in [3.05, 3.63) is 44.9 Å². The van der Waals surface area contributed by atoms with Crippen molar-refractivity contribution >= 4 is 38.8 Å². The first-order valence-electron chi connectivity index (χ1n) is 9.44. The van der Waals surface area contributed by atoms with Gasteiger partial charge in [-0.2, -0.15) is 0 Å². The molecule has 0 aliphatic carbocycles. The zero-order valence-electron chi connectivity index (χ0n) is 16.1. The van der Waals surface area contributed by atoms with Gasteiger partial charge in [0.25, 0.3) is 5.91 Å². The fourth-order valence-corrected chi connectivity index (χ4v) is 5.77. The first-order chi connectivity index (χ1) is 13.7. The van der Waals surface area contributed by atoms with E-state index in [0.29, 0.717) is 19.1 Å². The average Bonchev–Trinajstić information content (AvgIpc) is 3.40. The van der Waals surface area contributed by atoms with Crippen LogP contribution >= 0.6 is 22.7 Å². The Labute approximate surface area is 172 Å². The zero-order valence-corrected chi connectivity index (χ0v) is 17.7. The molecule has 3 aromatic rings. The summed E-state index contributed by atoms with van der Waals surface area (Å²) in [7, 11) is 1.64. The Morgan fingerprint density at radius 3 is 3.07 bits per heavy atom. The van der Waals surface area contributed by atoms with E-state index in [0.717, 1.165) is 51.7 Å². The third-order valence-electron chi connectivity index (χ3n) is 5.03. The number of nitrogens with one attached hydrogen (secondary N) is 1. The van der Waals surface area contributed by atoms with E-state index in [9.17, 15) is 4.79 Å². The average molecular weight is 417 g/mol. The maximum Gasteiger partial charge on any atom is 0.261 e. The van der Waals surface area contributed by atoms with Gasteiger partial charge in [0.1, 0.15) is 4.83 Å². The summed E-state index contributed by atoms with van der Waals surface area (Å²) in [5.74, 6) is 0.321.